The molecule has 0 aliphatic heterocycles. The van der Waals surface area contributed by atoms with Gasteiger partial charge in [0.15, 0.2) is 0 Å². The highest BCUT2D eigenvalue weighted by Gasteiger charge is 2.05. The molecule has 1 nitrogen and oxygen atoms in total. The quantitative estimate of drug-likeness (QED) is 0.728. The molecule has 0 aliphatic carbocycles. The zero-order valence-corrected chi connectivity index (χ0v) is 9.11. The molecule has 0 radical (unpaired) electrons. The lowest BCUT2D eigenvalue weighted by atomic mass is 10.2. The maximum absolute atomic E-state index is 13.0. The summed E-state index contributed by atoms with van der Waals surface area (Å²) in [7, 11) is 0. The van der Waals surface area contributed by atoms with Gasteiger partial charge in [-0.1, -0.05) is 0 Å². The molecule has 0 heterocycles. The summed E-state index contributed by atoms with van der Waals surface area (Å²) in [5, 5.41) is 8.37. The van der Waals surface area contributed by atoms with E-state index in [0.717, 1.165) is 0 Å². The summed E-state index contributed by atoms with van der Waals surface area (Å²) in [4.78, 5) is 0. The summed E-state index contributed by atoms with van der Waals surface area (Å²) in [6.45, 7) is 0. The van der Waals surface area contributed by atoms with Crippen LogP contribution in [0.4, 0.5) is 4.39 Å². The zero-order chi connectivity index (χ0) is 9.14. The van der Waals surface area contributed by atoms with Gasteiger partial charge in [0, 0.05) is 4.47 Å². The Labute approximate surface area is 86.5 Å². The molecule has 0 aliphatic rings. The van der Waals surface area contributed by atoms with Crippen LogP contribution < -0.4 is 0 Å². The van der Waals surface area contributed by atoms with Crippen molar-refractivity contribution >= 4 is 31.9 Å². The summed E-state index contributed by atoms with van der Waals surface area (Å²) in [6, 6.07) is 5.02. The van der Waals surface area contributed by atoms with Crippen molar-refractivity contribution in [1.29, 1.82) is 5.26 Å². The molecular formula is C8H4Br2FN. The molecule has 1 aromatic rings. The minimum absolute atomic E-state index is 0.225. The van der Waals surface area contributed by atoms with E-state index in [-0.39, 0.29) is 12.2 Å². The molecule has 4 heteroatoms. The number of hydrogen-bond acceptors (Lipinski definition) is 1. The Kier molecular flexibility index (Phi) is 3.24. The van der Waals surface area contributed by atoms with Crippen LogP contribution in [-0.4, -0.2) is 0 Å². The third-order valence-electron chi connectivity index (χ3n) is 1.33. The van der Waals surface area contributed by atoms with Gasteiger partial charge in [-0.2, -0.15) is 5.26 Å². The van der Waals surface area contributed by atoms with Crippen LogP contribution in [0.1, 0.15) is 5.56 Å². The molecule has 0 saturated heterocycles. The van der Waals surface area contributed by atoms with Crippen molar-refractivity contribution in [3.63, 3.8) is 0 Å². The lowest BCUT2D eigenvalue weighted by molar-refractivity contribution is 0.618. The first-order valence-corrected chi connectivity index (χ1v) is 4.74. The van der Waals surface area contributed by atoms with E-state index in [1.165, 1.54) is 6.07 Å². The summed E-state index contributed by atoms with van der Waals surface area (Å²) in [6.07, 6.45) is 0.225. The lowest BCUT2D eigenvalue weighted by Gasteiger charge is -2.00. The summed E-state index contributed by atoms with van der Waals surface area (Å²) < 4.78 is 14.0. The van der Waals surface area contributed by atoms with Gasteiger partial charge in [-0.05, 0) is 49.6 Å². The van der Waals surface area contributed by atoms with Crippen molar-refractivity contribution in [2.45, 2.75) is 6.42 Å². The van der Waals surface area contributed by atoms with Crippen molar-refractivity contribution in [1.82, 2.24) is 0 Å². The predicted octanol–water partition coefficient (Wildman–Crippen LogP) is 3.42. The average molecular weight is 293 g/mol. The van der Waals surface area contributed by atoms with E-state index in [9.17, 15) is 4.39 Å². The molecule has 0 N–H and O–H groups in total. The fourth-order valence-corrected chi connectivity index (χ4v) is 1.51. The number of nitrogens with zero attached hydrogens (tertiary/aromatic N) is 1. The maximum atomic E-state index is 13.0. The van der Waals surface area contributed by atoms with Crippen molar-refractivity contribution in [3.05, 3.63) is 32.5 Å². The molecule has 0 fully saturated rings. The smallest absolute Gasteiger partial charge is 0.138 e. The standard InChI is InChI=1S/C8H4Br2FN/c9-6-3-5(1-2-12)4-7(11)8(6)10/h3-4H,1H2. The first kappa shape index (κ1) is 9.69. The normalized spacial score (nSPS) is 9.50. The van der Waals surface area contributed by atoms with Crippen molar-refractivity contribution in [3.8, 4) is 6.07 Å². The van der Waals surface area contributed by atoms with Crippen LogP contribution in [0.25, 0.3) is 0 Å². The number of rotatable bonds is 1. The predicted molar refractivity (Wildman–Crippen MR) is 51.1 cm³/mol. The molecule has 0 spiro atoms. The van der Waals surface area contributed by atoms with Crippen LogP contribution in [0.2, 0.25) is 0 Å². The van der Waals surface area contributed by atoms with Gasteiger partial charge in [0.2, 0.25) is 0 Å². The van der Waals surface area contributed by atoms with Gasteiger partial charge >= 0.3 is 0 Å². The second-order valence-corrected chi connectivity index (χ2v) is 3.86. The molecule has 0 saturated carbocycles. The molecule has 62 valence electrons. The summed E-state index contributed by atoms with van der Waals surface area (Å²) in [5.74, 6) is -0.352. The van der Waals surface area contributed by atoms with E-state index in [2.05, 4.69) is 31.9 Å². The molecule has 1 aromatic carbocycles. The average Bonchev–Trinajstić information content (AvgIpc) is 2.01. The lowest BCUT2D eigenvalue weighted by Crippen LogP contribution is -1.86. The first-order valence-electron chi connectivity index (χ1n) is 3.15. The largest absolute Gasteiger partial charge is 0.206 e. The minimum Gasteiger partial charge on any atom is -0.206 e. The molecule has 1 rings (SSSR count). The Morgan fingerprint density at radius 1 is 1.42 bits per heavy atom. The molecule has 0 aromatic heterocycles. The summed E-state index contributed by atoms with van der Waals surface area (Å²) >= 11 is 6.23. The van der Waals surface area contributed by atoms with E-state index in [1.54, 1.807) is 6.07 Å². The second kappa shape index (κ2) is 4.01. The summed E-state index contributed by atoms with van der Waals surface area (Å²) in [5.41, 5.74) is 0.671. The fourth-order valence-electron chi connectivity index (χ4n) is 0.801. The van der Waals surface area contributed by atoms with Gasteiger partial charge in [0.25, 0.3) is 0 Å². The molecule has 12 heavy (non-hydrogen) atoms. The van der Waals surface area contributed by atoms with Crippen molar-refractivity contribution < 1.29 is 4.39 Å². The van der Waals surface area contributed by atoms with Gasteiger partial charge in [-0.3, -0.25) is 0 Å². The molecule has 0 bridgehead atoms. The highest BCUT2D eigenvalue weighted by atomic mass is 79.9. The maximum Gasteiger partial charge on any atom is 0.138 e. The van der Waals surface area contributed by atoms with Gasteiger partial charge in [0.05, 0.1) is 17.0 Å². The van der Waals surface area contributed by atoms with E-state index in [0.29, 0.717) is 14.5 Å². The Bertz CT molecular complexity index is 320. The number of halogens is 3. The third kappa shape index (κ3) is 2.05. The Hall–Kier alpha value is -0.400. The Balaban J connectivity index is 3.14. The first-order chi connectivity index (χ1) is 5.65. The molecule has 0 unspecified atom stereocenters. The van der Waals surface area contributed by atoms with Crippen LogP contribution >= 0.6 is 31.9 Å². The minimum atomic E-state index is -0.352. The van der Waals surface area contributed by atoms with Gasteiger partial charge in [-0.15, -0.1) is 0 Å². The van der Waals surface area contributed by atoms with Crippen LogP contribution in [0, 0.1) is 17.1 Å². The monoisotopic (exact) mass is 291 g/mol. The van der Waals surface area contributed by atoms with Crippen molar-refractivity contribution in [2.24, 2.45) is 0 Å². The topological polar surface area (TPSA) is 23.8 Å². The van der Waals surface area contributed by atoms with Crippen LogP contribution in [0.5, 0.6) is 0 Å². The number of benzene rings is 1. The fraction of sp³-hybridized carbons (Fsp3) is 0.125. The van der Waals surface area contributed by atoms with Gasteiger partial charge in [-0.25, -0.2) is 4.39 Å². The van der Waals surface area contributed by atoms with E-state index in [1.807, 2.05) is 6.07 Å². The van der Waals surface area contributed by atoms with Crippen molar-refractivity contribution in [2.75, 3.05) is 0 Å². The van der Waals surface area contributed by atoms with E-state index in [4.69, 9.17) is 5.26 Å². The van der Waals surface area contributed by atoms with Gasteiger partial charge < -0.3 is 0 Å². The number of nitriles is 1. The van der Waals surface area contributed by atoms with Crippen LogP contribution in [0.15, 0.2) is 21.1 Å². The second-order valence-electron chi connectivity index (χ2n) is 2.21. The SMILES string of the molecule is N#CCc1cc(F)c(Br)c(Br)c1. The third-order valence-corrected chi connectivity index (χ3v) is 3.29. The van der Waals surface area contributed by atoms with Crippen LogP contribution in [-0.2, 0) is 6.42 Å². The van der Waals surface area contributed by atoms with Gasteiger partial charge in [0.1, 0.15) is 5.82 Å². The highest BCUT2D eigenvalue weighted by molar-refractivity contribution is 9.13. The molecule has 0 amide bonds. The Morgan fingerprint density at radius 2 is 2.08 bits per heavy atom. The van der Waals surface area contributed by atoms with E-state index >= 15 is 0 Å². The highest BCUT2D eigenvalue weighted by Crippen LogP contribution is 2.27. The van der Waals surface area contributed by atoms with E-state index < -0.39 is 0 Å². The zero-order valence-electron chi connectivity index (χ0n) is 5.94. The Morgan fingerprint density at radius 3 is 2.58 bits per heavy atom. The van der Waals surface area contributed by atoms with Crippen LogP contribution in [0.3, 0.4) is 0 Å². The molecular weight excluding hydrogens is 289 g/mol. The molecule has 0 atom stereocenters. The number of hydrogen-bond donors (Lipinski definition) is 0.